The first-order valence-electron chi connectivity index (χ1n) is 19.9. The van der Waals surface area contributed by atoms with Crippen molar-refractivity contribution in [2.45, 2.75) is 124 Å². The quantitative estimate of drug-likeness (QED) is 0.116. The van der Waals surface area contributed by atoms with E-state index in [1.54, 1.807) is 0 Å². The average Bonchev–Trinajstić information content (AvgIpc) is 3.43. The van der Waals surface area contributed by atoms with Gasteiger partial charge in [-0.15, -0.1) is 0 Å². The number of Topliss-reactive ketones (excluding diaryl/α,β-unsaturated/α-hetero) is 1. The predicted molar refractivity (Wildman–Crippen MR) is 200 cm³/mol. The Morgan fingerprint density at radius 1 is 0.837 bits per heavy atom. The number of hydrogen-bond donors (Lipinski definition) is 0. The maximum atomic E-state index is 14.0. The molecule has 0 N–H and O–H groups in total. The maximum Gasteiger partial charge on any atom is 0.306 e. The minimum Gasteiger partial charge on any atom is -0.494 e. The Morgan fingerprint density at radius 3 is 2.37 bits per heavy atom. The van der Waals surface area contributed by atoms with Gasteiger partial charge in [-0.05, 0) is 138 Å². The van der Waals surface area contributed by atoms with Crippen LogP contribution in [0.15, 0.2) is 54.6 Å². The van der Waals surface area contributed by atoms with E-state index in [9.17, 15) is 9.59 Å². The molecule has 3 aromatic rings. The van der Waals surface area contributed by atoms with Crippen molar-refractivity contribution in [3.63, 3.8) is 0 Å². The van der Waals surface area contributed by atoms with E-state index < -0.39 is 0 Å². The molecule has 0 bridgehead atoms. The number of benzene rings is 3. The van der Waals surface area contributed by atoms with Gasteiger partial charge in [-0.1, -0.05) is 84.2 Å². The molecular weight excluding hydrogens is 604 g/mol. The number of hydrogen-bond acceptors (Lipinski definition) is 4. The highest BCUT2D eigenvalue weighted by Gasteiger charge is 2.64. The van der Waals surface area contributed by atoms with Crippen LogP contribution in [0.1, 0.15) is 118 Å². The molecule has 4 aliphatic carbocycles. The zero-order valence-electron chi connectivity index (χ0n) is 30.8. The van der Waals surface area contributed by atoms with Crippen LogP contribution in [-0.2, 0) is 14.3 Å². The highest BCUT2D eigenvalue weighted by atomic mass is 16.5. The Morgan fingerprint density at radius 2 is 1.59 bits per heavy atom. The van der Waals surface area contributed by atoms with Crippen molar-refractivity contribution in [1.82, 2.24) is 0 Å². The number of rotatable bonds is 11. The molecule has 0 aromatic heterocycles. The fourth-order valence-corrected chi connectivity index (χ4v) is 11.9. The molecule has 49 heavy (non-hydrogen) atoms. The Kier molecular flexibility index (Phi) is 9.90. The van der Waals surface area contributed by atoms with Gasteiger partial charge in [0.2, 0.25) is 0 Å². The summed E-state index contributed by atoms with van der Waals surface area (Å²) >= 11 is 0. The van der Waals surface area contributed by atoms with Gasteiger partial charge >= 0.3 is 5.97 Å². The Labute approximate surface area is 295 Å². The summed E-state index contributed by atoms with van der Waals surface area (Å²) in [5, 5.41) is 4.80. The van der Waals surface area contributed by atoms with Crippen LogP contribution in [0.3, 0.4) is 0 Å². The van der Waals surface area contributed by atoms with Gasteiger partial charge in [-0.25, -0.2) is 0 Å². The second-order valence-electron chi connectivity index (χ2n) is 17.6. The molecule has 4 nitrogen and oxygen atoms in total. The first kappa shape index (κ1) is 34.6. The number of fused-ring (bicyclic) bond motifs is 7. The number of ketones is 1. The molecule has 2 unspecified atom stereocenters. The van der Waals surface area contributed by atoms with Gasteiger partial charge in [-0.3, -0.25) is 9.59 Å². The van der Waals surface area contributed by atoms with E-state index in [4.69, 9.17) is 9.47 Å². The molecule has 4 saturated carbocycles. The van der Waals surface area contributed by atoms with Gasteiger partial charge in [0.25, 0.3) is 0 Å². The first-order chi connectivity index (χ1) is 23.6. The average molecular weight is 665 g/mol. The predicted octanol–water partition coefficient (Wildman–Crippen LogP) is 11.4. The second-order valence-corrected chi connectivity index (χ2v) is 17.6. The first-order valence-corrected chi connectivity index (χ1v) is 19.9. The van der Waals surface area contributed by atoms with Crippen LogP contribution in [0, 0.1) is 52.3 Å². The van der Waals surface area contributed by atoms with Gasteiger partial charge in [0, 0.05) is 24.2 Å². The molecule has 0 spiro atoms. The molecule has 4 heteroatoms. The van der Waals surface area contributed by atoms with Crippen molar-refractivity contribution < 1.29 is 19.1 Å². The Balaban J connectivity index is 0.973. The topological polar surface area (TPSA) is 52.6 Å². The van der Waals surface area contributed by atoms with Gasteiger partial charge in [0.05, 0.1) is 6.61 Å². The normalized spacial score (nSPS) is 33.2. The highest BCUT2D eigenvalue weighted by Crippen LogP contribution is 2.68. The van der Waals surface area contributed by atoms with Crippen molar-refractivity contribution in [2.24, 2.45) is 52.3 Å². The van der Waals surface area contributed by atoms with E-state index in [2.05, 4.69) is 83.1 Å². The van der Waals surface area contributed by atoms with E-state index in [0.29, 0.717) is 48.4 Å². The number of carbonyl (C=O) groups is 2. The molecule has 7 rings (SSSR count). The Hall–Kier alpha value is -2.88. The van der Waals surface area contributed by atoms with Crippen LogP contribution < -0.4 is 4.74 Å². The molecule has 0 radical (unpaired) electrons. The molecule has 4 aliphatic rings. The second kappa shape index (κ2) is 14.0. The summed E-state index contributed by atoms with van der Waals surface area (Å²) in [4.78, 5) is 27.4. The Bertz CT molecular complexity index is 1660. The summed E-state index contributed by atoms with van der Waals surface area (Å²) in [5.74, 6) is 5.01. The van der Waals surface area contributed by atoms with Crippen molar-refractivity contribution in [1.29, 1.82) is 0 Å². The lowest BCUT2D eigenvalue weighted by atomic mass is 9.43. The summed E-state index contributed by atoms with van der Waals surface area (Å²) in [5.41, 5.74) is 0.0868. The number of ether oxygens (including phenoxy) is 2. The van der Waals surface area contributed by atoms with Crippen molar-refractivity contribution in [3.05, 3.63) is 54.6 Å². The molecule has 0 heterocycles. The van der Waals surface area contributed by atoms with Crippen molar-refractivity contribution in [2.75, 3.05) is 6.61 Å². The van der Waals surface area contributed by atoms with Gasteiger partial charge in [0.15, 0.2) is 0 Å². The smallest absolute Gasteiger partial charge is 0.306 e. The van der Waals surface area contributed by atoms with Crippen LogP contribution in [0.25, 0.3) is 21.5 Å². The minimum atomic E-state index is -0.248. The summed E-state index contributed by atoms with van der Waals surface area (Å²) in [7, 11) is 0. The van der Waals surface area contributed by atoms with Crippen molar-refractivity contribution >= 4 is 33.3 Å². The highest BCUT2D eigenvalue weighted by molar-refractivity contribution is 5.98. The molecule has 4 fully saturated rings. The van der Waals surface area contributed by atoms with Gasteiger partial charge in [-0.2, -0.15) is 0 Å². The fraction of sp³-hybridized carbons (Fsp3) is 0.644. The third kappa shape index (κ3) is 6.56. The molecule has 0 saturated heterocycles. The SMILES string of the molecule is CC(C)CCC[C@@H](C)[C@H]1CC[C@H]2[C@@H]3CC(=O)C4CCCC(OC(=O)CCCOc5ccc6cc7ccccc7cc6c5)[C@]4(C)[C@H]3CC[C@]12C. The lowest BCUT2D eigenvalue weighted by Crippen LogP contribution is -2.61. The van der Waals surface area contributed by atoms with E-state index in [0.717, 1.165) is 54.6 Å². The van der Waals surface area contributed by atoms with E-state index in [1.807, 2.05) is 6.07 Å². The molecule has 9 atom stereocenters. The molecule has 264 valence electrons. The van der Waals surface area contributed by atoms with Gasteiger partial charge < -0.3 is 9.47 Å². The van der Waals surface area contributed by atoms with Crippen LogP contribution in [0.5, 0.6) is 5.75 Å². The number of carbonyl (C=O) groups excluding carboxylic acids is 2. The summed E-state index contributed by atoms with van der Waals surface area (Å²) < 4.78 is 12.5. The molecule has 0 aliphatic heterocycles. The standard InChI is InChI=1S/C45H60O4/c1-29(2)11-8-12-30(3)37-20-21-38-36-28-41(46)40-15-9-16-42(45(40,5)39(36)22-23-44(37,38)4)49-43(47)17-10-24-48-35-19-18-33-25-31-13-6-7-14-32(31)26-34(33)27-35/h6-7,13-14,18-19,25-27,29-30,36-40,42H,8-12,15-17,20-24,28H2,1-5H3/t30-,36+,37-,38+,39+,40?,42?,44-,45-/m1/s1. The third-order valence-electron chi connectivity index (χ3n) is 14.4. The minimum absolute atomic E-state index is 0.0326. The van der Waals surface area contributed by atoms with Crippen LogP contribution in [0.2, 0.25) is 0 Å². The van der Waals surface area contributed by atoms with Crippen LogP contribution >= 0.6 is 0 Å². The van der Waals surface area contributed by atoms with E-state index >= 15 is 0 Å². The zero-order valence-corrected chi connectivity index (χ0v) is 30.8. The lowest BCUT2D eigenvalue weighted by Gasteiger charge is -2.61. The molecule has 3 aromatic carbocycles. The number of esters is 1. The van der Waals surface area contributed by atoms with Crippen molar-refractivity contribution in [3.8, 4) is 5.75 Å². The zero-order chi connectivity index (χ0) is 34.3. The maximum absolute atomic E-state index is 14.0. The lowest BCUT2D eigenvalue weighted by molar-refractivity contribution is -0.193. The largest absolute Gasteiger partial charge is 0.494 e. The molecule has 0 amide bonds. The third-order valence-corrected chi connectivity index (χ3v) is 14.4. The van der Waals surface area contributed by atoms with Gasteiger partial charge in [0.1, 0.15) is 17.6 Å². The van der Waals surface area contributed by atoms with Crippen LogP contribution in [-0.4, -0.2) is 24.5 Å². The molecular formula is C45H60O4. The van der Waals surface area contributed by atoms with E-state index in [1.165, 1.54) is 61.1 Å². The summed E-state index contributed by atoms with van der Waals surface area (Å²) in [6, 6.07) is 19.1. The van der Waals surface area contributed by atoms with E-state index in [-0.39, 0.29) is 23.4 Å². The summed E-state index contributed by atoms with van der Waals surface area (Å²) in [6.07, 6.45) is 13.4. The monoisotopic (exact) mass is 664 g/mol. The van der Waals surface area contributed by atoms with Crippen LogP contribution in [0.4, 0.5) is 0 Å². The fourth-order valence-electron chi connectivity index (χ4n) is 11.9. The summed E-state index contributed by atoms with van der Waals surface area (Å²) in [6.45, 7) is 12.6.